The third-order valence-electron chi connectivity index (χ3n) is 6.40. The molecule has 0 unspecified atom stereocenters. The van der Waals surface area contributed by atoms with E-state index in [0.717, 1.165) is 29.4 Å². The predicted molar refractivity (Wildman–Crippen MR) is 81.7 cm³/mol. The van der Waals surface area contributed by atoms with Gasteiger partial charge in [0.25, 0.3) is 0 Å². The molecule has 5 fully saturated rings. The van der Waals surface area contributed by atoms with Gasteiger partial charge in [-0.05, 0) is 69.1 Å². The zero-order valence-electron chi connectivity index (χ0n) is 12.5. The summed E-state index contributed by atoms with van der Waals surface area (Å²) in [7, 11) is 0. The lowest BCUT2D eigenvalue weighted by Gasteiger charge is -2.56. The molecule has 6 rings (SSSR count). The summed E-state index contributed by atoms with van der Waals surface area (Å²) in [4.78, 5) is 9.83. The number of hydrogen-bond donors (Lipinski definition) is 2. The molecule has 3 N–H and O–H groups in total. The van der Waals surface area contributed by atoms with Crippen molar-refractivity contribution in [2.45, 2.75) is 62.7 Å². The van der Waals surface area contributed by atoms with Gasteiger partial charge < -0.3 is 5.43 Å². The van der Waals surface area contributed by atoms with Crippen molar-refractivity contribution in [1.29, 1.82) is 0 Å². The molecule has 5 aliphatic carbocycles. The van der Waals surface area contributed by atoms with Crippen LogP contribution in [0.4, 0.5) is 5.82 Å². The summed E-state index contributed by atoms with van der Waals surface area (Å²) in [6.45, 7) is 0. The van der Waals surface area contributed by atoms with Crippen LogP contribution in [0, 0.1) is 17.8 Å². The van der Waals surface area contributed by atoms with Crippen LogP contribution in [0.1, 0.15) is 68.8 Å². The molecular weight excluding hydrogens is 260 g/mol. The van der Waals surface area contributed by atoms with E-state index in [1.807, 2.05) is 0 Å². The molecule has 4 nitrogen and oxygen atoms in total. The number of aromatic nitrogens is 2. The van der Waals surface area contributed by atoms with Gasteiger partial charge in [-0.15, -0.1) is 0 Å². The number of nitrogens with one attached hydrogen (secondary N) is 1. The Morgan fingerprint density at radius 2 is 1.62 bits per heavy atom. The molecule has 0 aromatic carbocycles. The van der Waals surface area contributed by atoms with Crippen LogP contribution in [0.2, 0.25) is 0 Å². The SMILES string of the molecule is NNc1cc(C2CC2)nc(C23CC4CC(CC(C4)C2)C3)n1. The molecule has 1 heterocycles. The molecule has 0 radical (unpaired) electrons. The van der Waals surface area contributed by atoms with Crippen molar-refractivity contribution in [2.75, 3.05) is 5.43 Å². The zero-order chi connectivity index (χ0) is 14.0. The fourth-order valence-corrected chi connectivity index (χ4v) is 5.75. The highest BCUT2D eigenvalue weighted by Crippen LogP contribution is 2.60. The number of rotatable bonds is 3. The van der Waals surface area contributed by atoms with E-state index >= 15 is 0 Å². The maximum Gasteiger partial charge on any atom is 0.143 e. The number of hydrogen-bond acceptors (Lipinski definition) is 4. The number of hydrazine groups is 1. The normalized spacial score (nSPS) is 40.5. The fourth-order valence-electron chi connectivity index (χ4n) is 5.75. The van der Waals surface area contributed by atoms with Gasteiger partial charge in [0.1, 0.15) is 11.6 Å². The standard InChI is InChI=1S/C17H24N4/c18-21-15-6-14(13-1-2-13)19-16(20-15)17-7-10-3-11(8-17)5-12(4-10)9-17/h6,10-13H,1-5,7-9,18H2,(H,19,20,21). The van der Waals surface area contributed by atoms with Gasteiger partial charge in [0, 0.05) is 23.1 Å². The zero-order valence-corrected chi connectivity index (χ0v) is 12.5. The summed E-state index contributed by atoms with van der Waals surface area (Å²) in [5.41, 5.74) is 4.27. The minimum absolute atomic E-state index is 0.269. The van der Waals surface area contributed by atoms with Crippen LogP contribution in [0.25, 0.3) is 0 Å². The molecule has 0 aliphatic heterocycles. The largest absolute Gasteiger partial charge is 0.308 e. The highest BCUT2D eigenvalue weighted by atomic mass is 15.3. The van der Waals surface area contributed by atoms with Crippen molar-refractivity contribution in [3.8, 4) is 0 Å². The van der Waals surface area contributed by atoms with E-state index in [0.29, 0.717) is 5.92 Å². The summed E-state index contributed by atoms with van der Waals surface area (Å²) < 4.78 is 0. The highest BCUT2D eigenvalue weighted by Gasteiger charge is 2.53. The third-order valence-corrected chi connectivity index (χ3v) is 6.40. The van der Waals surface area contributed by atoms with Crippen LogP contribution in [0.5, 0.6) is 0 Å². The summed E-state index contributed by atoms with van der Waals surface area (Å²) in [6.07, 6.45) is 10.9. The van der Waals surface area contributed by atoms with Crippen molar-refractivity contribution >= 4 is 5.82 Å². The second-order valence-corrected chi connectivity index (χ2v) is 8.12. The van der Waals surface area contributed by atoms with E-state index in [1.54, 1.807) is 0 Å². The molecule has 4 heteroatoms. The van der Waals surface area contributed by atoms with Gasteiger partial charge in [-0.2, -0.15) is 0 Å². The van der Waals surface area contributed by atoms with E-state index in [4.69, 9.17) is 15.8 Å². The molecule has 112 valence electrons. The maximum absolute atomic E-state index is 5.66. The Bertz CT molecular complexity index is 543. The Kier molecular flexibility index (Phi) is 2.47. The summed E-state index contributed by atoms with van der Waals surface area (Å²) in [6, 6.07) is 2.06. The molecule has 0 spiro atoms. The molecule has 4 bridgehead atoms. The minimum Gasteiger partial charge on any atom is -0.308 e. The summed E-state index contributed by atoms with van der Waals surface area (Å²) in [5.74, 6) is 11.0. The van der Waals surface area contributed by atoms with Crippen molar-refractivity contribution < 1.29 is 0 Å². The Morgan fingerprint density at radius 3 is 2.14 bits per heavy atom. The molecule has 1 aromatic rings. The molecular formula is C17H24N4. The topological polar surface area (TPSA) is 63.8 Å². The van der Waals surface area contributed by atoms with Gasteiger partial charge in [-0.25, -0.2) is 15.8 Å². The third kappa shape index (κ3) is 1.91. The summed E-state index contributed by atoms with van der Waals surface area (Å²) >= 11 is 0. The molecule has 21 heavy (non-hydrogen) atoms. The van der Waals surface area contributed by atoms with Crippen molar-refractivity contribution in [3.63, 3.8) is 0 Å². The average Bonchev–Trinajstić information content (AvgIpc) is 3.30. The van der Waals surface area contributed by atoms with Gasteiger partial charge in [0.15, 0.2) is 0 Å². The fraction of sp³-hybridized carbons (Fsp3) is 0.765. The van der Waals surface area contributed by atoms with Crippen LogP contribution >= 0.6 is 0 Å². The number of nitrogens with two attached hydrogens (primary N) is 1. The molecule has 1 aromatic heterocycles. The van der Waals surface area contributed by atoms with Crippen LogP contribution in [0.3, 0.4) is 0 Å². The van der Waals surface area contributed by atoms with Crippen LogP contribution in [0.15, 0.2) is 6.07 Å². The first kappa shape index (κ1) is 12.4. The Morgan fingerprint density at radius 1 is 1.00 bits per heavy atom. The first-order valence-electron chi connectivity index (χ1n) is 8.60. The molecule has 0 amide bonds. The molecule has 0 saturated heterocycles. The minimum atomic E-state index is 0.269. The first-order valence-corrected chi connectivity index (χ1v) is 8.60. The maximum atomic E-state index is 5.66. The molecule has 5 aliphatic rings. The van der Waals surface area contributed by atoms with Gasteiger partial charge in [-0.1, -0.05) is 0 Å². The number of nitrogen functional groups attached to an aromatic ring is 1. The predicted octanol–water partition coefficient (Wildman–Crippen LogP) is 3.11. The summed E-state index contributed by atoms with van der Waals surface area (Å²) in [5, 5.41) is 0. The average molecular weight is 284 g/mol. The van der Waals surface area contributed by atoms with Gasteiger partial charge in [-0.3, -0.25) is 0 Å². The number of anilines is 1. The van der Waals surface area contributed by atoms with Crippen molar-refractivity contribution in [1.82, 2.24) is 9.97 Å². The van der Waals surface area contributed by atoms with E-state index in [-0.39, 0.29) is 5.41 Å². The van der Waals surface area contributed by atoms with Gasteiger partial charge in [0.2, 0.25) is 0 Å². The number of nitrogens with zero attached hydrogens (tertiary/aromatic N) is 2. The van der Waals surface area contributed by atoms with Crippen LogP contribution in [-0.4, -0.2) is 9.97 Å². The Hall–Kier alpha value is -1.16. The van der Waals surface area contributed by atoms with Gasteiger partial charge in [0.05, 0.1) is 0 Å². The monoisotopic (exact) mass is 284 g/mol. The van der Waals surface area contributed by atoms with E-state index in [1.165, 1.54) is 57.1 Å². The molecule has 5 saturated carbocycles. The highest BCUT2D eigenvalue weighted by molar-refractivity contribution is 5.38. The van der Waals surface area contributed by atoms with E-state index in [9.17, 15) is 0 Å². The smallest absolute Gasteiger partial charge is 0.143 e. The quantitative estimate of drug-likeness (QED) is 0.661. The lowest BCUT2D eigenvalue weighted by Crippen LogP contribution is -2.49. The second-order valence-electron chi connectivity index (χ2n) is 8.12. The van der Waals surface area contributed by atoms with Crippen LogP contribution < -0.4 is 11.3 Å². The van der Waals surface area contributed by atoms with Crippen molar-refractivity contribution in [3.05, 3.63) is 17.6 Å². The van der Waals surface area contributed by atoms with E-state index < -0.39 is 0 Å². The lowest BCUT2D eigenvalue weighted by atomic mass is 9.49. The lowest BCUT2D eigenvalue weighted by molar-refractivity contribution is -0.00942. The van der Waals surface area contributed by atoms with Crippen molar-refractivity contribution in [2.24, 2.45) is 23.6 Å². The van der Waals surface area contributed by atoms with Crippen LogP contribution in [-0.2, 0) is 5.41 Å². The second kappa shape index (κ2) is 4.19. The first-order chi connectivity index (χ1) is 10.2. The molecule has 0 atom stereocenters. The Balaban J connectivity index is 1.58. The Labute approximate surface area is 125 Å². The van der Waals surface area contributed by atoms with Gasteiger partial charge >= 0.3 is 0 Å². The van der Waals surface area contributed by atoms with E-state index in [2.05, 4.69) is 11.5 Å².